The van der Waals surface area contributed by atoms with Gasteiger partial charge in [-0.3, -0.25) is 9.36 Å². The number of ether oxygens (including phenoxy) is 2. The lowest BCUT2D eigenvalue weighted by molar-refractivity contribution is -0.150. The van der Waals surface area contributed by atoms with Gasteiger partial charge in [0.1, 0.15) is 31.2 Å². The molecule has 1 fully saturated rings. The Hall–Kier alpha value is -3.86. The van der Waals surface area contributed by atoms with E-state index in [4.69, 9.17) is 9.47 Å². The summed E-state index contributed by atoms with van der Waals surface area (Å²) in [5, 5.41) is 24.9. The minimum atomic E-state index is -1.27. The summed E-state index contributed by atoms with van der Waals surface area (Å²) < 4.78 is 12.9. The van der Waals surface area contributed by atoms with Crippen molar-refractivity contribution < 1.29 is 24.5 Å². The average molecular weight is 532 g/mol. The van der Waals surface area contributed by atoms with Crippen LogP contribution in [-0.4, -0.2) is 60.6 Å². The summed E-state index contributed by atoms with van der Waals surface area (Å²) in [6.07, 6.45) is 0.149. The van der Waals surface area contributed by atoms with Gasteiger partial charge in [0.25, 0.3) is 0 Å². The highest BCUT2D eigenvalue weighted by molar-refractivity contribution is 5.83. The van der Waals surface area contributed by atoms with Gasteiger partial charge in [0.2, 0.25) is 0 Å². The zero-order valence-electron chi connectivity index (χ0n) is 22.0. The Labute approximate surface area is 226 Å². The van der Waals surface area contributed by atoms with E-state index in [1.807, 2.05) is 49.4 Å². The van der Waals surface area contributed by atoms with Gasteiger partial charge in [0.15, 0.2) is 23.2 Å². The van der Waals surface area contributed by atoms with E-state index >= 15 is 0 Å². The maximum atomic E-state index is 12.3. The van der Waals surface area contributed by atoms with Gasteiger partial charge >= 0.3 is 5.97 Å². The van der Waals surface area contributed by atoms with E-state index in [-0.39, 0.29) is 19.1 Å². The van der Waals surface area contributed by atoms with Crippen molar-refractivity contribution in [2.24, 2.45) is 0 Å². The van der Waals surface area contributed by atoms with Crippen LogP contribution in [0.15, 0.2) is 67.3 Å². The molecule has 0 spiro atoms. The first-order valence-corrected chi connectivity index (χ1v) is 13.2. The third-order valence-electron chi connectivity index (χ3n) is 7.04. The quantitative estimate of drug-likeness (QED) is 0.263. The molecule has 0 amide bonds. The first-order valence-electron chi connectivity index (χ1n) is 13.2. The number of aliphatic hydroxyl groups is 2. The molecule has 2 aromatic heterocycles. The number of nitrogens with zero attached hydrogens (tertiary/aromatic N) is 4. The van der Waals surface area contributed by atoms with E-state index < -0.39 is 30.5 Å². The van der Waals surface area contributed by atoms with Crippen molar-refractivity contribution in [3.63, 3.8) is 0 Å². The zero-order valence-corrected chi connectivity index (χ0v) is 22.0. The number of esters is 1. The van der Waals surface area contributed by atoms with Crippen molar-refractivity contribution in [3.05, 3.63) is 83.9 Å². The van der Waals surface area contributed by atoms with Crippen molar-refractivity contribution in [2.75, 3.05) is 11.9 Å². The van der Waals surface area contributed by atoms with Crippen LogP contribution in [0.5, 0.6) is 0 Å². The lowest BCUT2D eigenvalue weighted by Crippen LogP contribution is -2.34. The van der Waals surface area contributed by atoms with Crippen LogP contribution in [0.25, 0.3) is 11.2 Å². The number of carbonyl (C=O) groups is 1. The molecule has 1 saturated heterocycles. The highest BCUT2D eigenvalue weighted by atomic mass is 16.6. The summed E-state index contributed by atoms with van der Waals surface area (Å²) in [5.41, 5.74) is 4.29. The fourth-order valence-corrected chi connectivity index (χ4v) is 4.76. The SMILES string of the molecule is CC[C@H](Nc1ncnc2c1ncn2[C@@H]1O[C@H](COC(=O)CCc2ccc(C)cc2)C(O)C1O)c1ccccc1. The number of aliphatic hydroxyl groups excluding tert-OH is 2. The van der Waals surface area contributed by atoms with Crippen LogP contribution in [0.2, 0.25) is 0 Å². The molecule has 5 rings (SSSR count). The number of aryl methyl sites for hydroxylation is 2. The second-order valence-electron chi connectivity index (χ2n) is 9.78. The maximum absolute atomic E-state index is 12.3. The normalized spacial score (nSPS) is 21.6. The molecule has 3 heterocycles. The smallest absolute Gasteiger partial charge is 0.306 e. The van der Waals surface area contributed by atoms with Crippen LogP contribution >= 0.6 is 0 Å². The van der Waals surface area contributed by atoms with Crippen molar-refractivity contribution in [1.82, 2.24) is 19.5 Å². The van der Waals surface area contributed by atoms with Gasteiger partial charge in [-0.25, -0.2) is 15.0 Å². The molecular formula is C29H33N5O5. The van der Waals surface area contributed by atoms with Crippen LogP contribution in [0.4, 0.5) is 5.82 Å². The third-order valence-corrected chi connectivity index (χ3v) is 7.04. The molecule has 5 atom stereocenters. The second kappa shape index (κ2) is 11.9. The van der Waals surface area contributed by atoms with E-state index in [2.05, 4.69) is 39.3 Å². The number of hydrogen-bond acceptors (Lipinski definition) is 9. The predicted molar refractivity (Wildman–Crippen MR) is 145 cm³/mol. The first kappa shape index (κ1) is 26.7. The molecule has 2 aromatic carbocycles. The fourth-order valence-electron chi connectivity index (χ4n) is 4.76. The molecule has 10 nitrogen and oxygen atoms in total. The first-order chi connectivity index (χ1) is 18.9. The number of anilines is 1. The van der Waals surface area contributed by atoms with Crippen LogP contribution in [0, 0.1) is 6.92 Å². The third kappa shape index (κ3) is 5.93. The summed E-state index contributed by atoms with van der Waals surface area (Å²) in [6.45, 7) is 3.92. The summed E-state index contributed by atoms with van der Waals surface area (Å²) in [5.74, 6) is 0.159. The Kier molecular flexibility index (Phi) is 8.16. The topological polar surface area (TPSA) is 132 Å². The maximum Gasteiger partial charge on any atom is 0.306 e. The molecule has 1 aliphatic rings. The van der Waals surface area contributed by atoms with Gasteiger partial charge in [0, 0.05) is 6.42 Å². The minimum absolute atomic E-state index is 0.0228. The van der Waals surface area contributed by atoms with E-state index in [1.165, 1.54) is 12.7 Å². The number of fused-ring (bicyclic) bond motifs is 1. The molecule has 3 N–H and O–H groups in total. The lowest BCUT2D eigenvalue weighted by Gasteiger charge is -2.19. The largest absolute Gasteiger partial charge is 0.463 e. The number of hydrogen-bond donors (Lipinski definition) is 3. The Morgan fingerprint density at radius 2 is 1.85 bits per heavy atom. The number of nitrogens with one attached hydrogen (secondary N) is 1. The van der Waals surface area contributed by atoms with Gasteiger partial charge in [-0.1, -0.05) is 67.1 Å². The molecule has 39 heavy (non-hydrogen) atoms. The van der Waals surface area contributed by atoms with Gasteiger partial charge in [-0.15, -0.1) is 0 Å². The number of aromatic nitrogens is 4. The van der Waals surface area contributed by atoms with E-state index in [9.17, 15) is 15.0 Å². The number of benzene rings is 2. The van der Waals surface area contributed by atoms with Crippen LogP contribution in [0.3, 0.4) is 0 Å². The molecule has 10 heteroatoms. The summed E-state index contributed by atoms with van der Waals surface area (Å²) >= 11 is 0. The van der Waals surface area contributed by atoms with Crippen LogP contribution < -0.4 is 5.32 Å². The number of imidazole rings is 1. The van der Waals surface area contributed by atoms with Crippen molar-refractivity contribution in [2.45, 2.75) is 63.7 Å². The van der Waals surface area contributed by atoms with Crippen LogP contribution in [-0.2, 0) is 20.7 Å². The molecule has 4 aromatic rings. The van der Waals surface area contributed by atoms with Gasteiger partial charge < -0.3 is 25.0 Å². The highest BCUT2D eigenvalue weighted by Gasteiger charge is 2.45. The molecular weight excluding hydrogens is 498 g/mol. The monoisotopic (exact) mass is 531 g/mol. The van der Waals surface area contributed by atoms with E-state index in [0.717, 1.165) is 23.1 Å². The van der Waals surface area contributed by atoms with Crippen molar-refractivity contribution in [1.29, 1.82) is 0 Å². The highest BCUT2D eigenvalue weighted by Crippen LogP contribution is 2.33. The van der Waals surface area contributed by atoms with Gasteiger partial charge in [-0.2, -0.15) is 0 Å². The Morgan fingerprint density at radius 3 is 2.59 bits per heavy atom. The summed E-state index contributed by atoms with van der Waals surface area (Å²) in [4.78, 5) is 25.5. The average Bonchev–Trinajstić information content (AvgIpc) is 3.51. The molecule has 1 aliphatic heterocycles. The van der Waals surface area contributed by atoms with Crippen molar-refractivity contribution in [3.8, 4) is 0 Å². The fraction of sp³-hybridized carbons (Fsp3) is 0.379. The predicted octanol–water partition coefficient (Wildman–Crippen LogP) is 3.49. The minimum Gasteiger partial charge on any atom is -0.463 e. The summed E-state index contributed by atoms with van der Waals surface area (Å²) in [7, 11) is 0. The van der Waals surface area contributed by atoms with E-state index in [1.54, 1.807) is 4.57 Å². The lowest BCUT2D eigenvalue weighted by atomic mass is 10.0. The Balaban J connectivity index is 1.24. The Morgan fingerprint density at radius 1 is 1.08 bits per heavy atom. The molecule has 0 aliphatic carbocycles. The number of carbonyl (C=O) groups excluding carboxylic acids is 1. The molecule has 0 bridgehead atoms. The Bertz CT molecular complexity index is 1390. The molecule has 2 unspecified atom stereocenters. The van der Waals surface area contributed by atoms with Gasteiger partial charge in [0.05, 0.1) is 12.4 Å². The van der Waals surface area contributed by atoms with Gasteiger partial charge in [-0.05, 0) is 30.9 Å². The molecule has 0 saturated carbocycles. The number of rotatable bonds is 10. The zero-order chi connectivity index (χ0) is 27.4. The van der Waals surface area contributed by atoms with Crippen LogP contribution in [0.1, 0.15) is 48.7 Å². The summed E-state index contributed by atoms with van der Waals surface area (Å²) in [6, 6.07) is 18.1. The van der Waals surface area contributed by atoms with Crippen molar-refractivity contribution >= 4 is 23.0 Å². The standard InChI is InChI=1S/C29H33N5O5/c1-3-21(20-7-5-4-6-8-20)33-27-24-28(31-16-30-27)34(17-32-24)29-26(37)25(36)22(39-29)15-38-23(35)14-13-19-11-9-18(2)10-12-19/h4-12,16-17,21-22,25-26,29,36-37H,3,13-15H2,1-2H3,(H,30,31,33)/t21-,22+,25?,26?,29+/m0/s1. The molecule has 204 valence electrons. The molecule has 0 radical (unpaired) electrons. The van der Waals surface area contributed by atoms with E-state index in [0.29, 0.717) is 23.4 Å². The second-order valence-corrected chi connectivity index (χ2v) is 9.78.